The first-order chi connectivity index (χ1) is 28.5. The zero-order chi connectivity index (χ0) is 38.5. The van der Waals surface area contributed by atoms with Gasteiger partial charge < -0.3 is 0 Å². The second-order valence-electron chi connectivity index (χ2n) is 16.4. The highest BCUT2D eigenvalue weighted by atomic mass is 32.1. The van der Waals surface area contributed by atoms with E-state index < -0.39 is 0 Å². The monoisotopic (exact) mass is 758 g/mol. The molecule has 2 nitrogen and oxygen atoms in total. The summed E-state index contributed by atoms with van der Waals surface area (Å²) in [6.07, 6.45) is 6.55. The van der Waals surface area contributed by atoms with E-state index in [9.17, 15) is 0 Å². The van der Waals surface area contributed by atoms with Crippen LogP contribution in [-0.4, -0.2) is 9.97 Å². The maximum Gasteiger partial charge on any atom is 0.0979 e. The Morgan fingerprint density at radius 3 is 1.79 bits per heavy atom. The smallest absolute Gasteiger partial charge is 0.0979 e. The summed E-state index contributed by atoms with van der Waals surface area (Å²) in [5.41, 5.74) is 16.9. The van der Waals surface area contributed by atoms with Crippen LogP contribution in [0.15, 0.2) is 164 Å². The molecule has 12 rings (SSSR count). The fourth-order valence-electron chi connectivity index (χ4n) is 9.82. The van der Waals surface area contributed by atoms with Crippen LogP contribution in [0, 0.1) is 0 Å². The molecule has 10 aromatic rings. The van der Waals surface area contributed by atoms with Crippen LogP contribution in [0.4, 0.5) is 0 Å². The zero-order valence-electron chi connectivity index (χ0n) is 32.4. The Morgan fingerprint density at radius 1 is 0.500 bits per heavy atom. The lowest BCUT2D eigenvalue weighted by Gasteiger charge is -2.23. The minimum Gasteiger partial charge on any atom is -0.252 e. The van der Waals surface area contributed by atoms with Crippen LogP contribution in [-0.2, 0) is 5.41 Å². The van der Waals surface area contributed by atoms with Crippen LogP contribution < -0.4 is 9.75 Å². The quantitative estimate of drug-likeness (QED) is 0.167. The van der Waals surface area contributed by atoms with Crippen LogP contribution in [0.5, 0.6) is 0 Å². The minimum atomic E-state index is -0.105. The third-order valence-corrected chi connectivity index (χ3v) is 14.1. The van der Waals surface area contributed by atoms with Gasteiger partial charge in [-0.3, -0.25) is 4.98 Å². The van der Waals surface area contributed by atoms with Crippen molar-refractivity contribution < 1.29 is 0 Å². The van der Waals surface area contributed by atoms with E-state index >= 15 is 0 Å². The number of aromatic nitrogens is 2. The molecule has 2 aromatic heterocycles. The van der Waals surface area contributed by atoms with E-state index in [4.69, 9.17) is 9.97 Å². The van der Waals surface area contributed by atoms with Crippen LogP contribution in [0.1, 0.15) is 43.4 Å². The second kappa shape index (κ2) is 12.7. The third kappa shape index (κ3) is 5.03. The lowest BCUT2D eigenvalue weighted by atomic mass is 9.80. The Morgan fingerprint density at radius 2 is 1.07 bits per heavy atom. The van der Waals surface area contributed by atoms with Crippen LogP contribution in [0.2, 0.25) is 0 Å². The highest BCUT2D eigenvalue weighted by molar-refractivity contribution is 7.17. The Balaban J connectivity index is 0.862. The summed E-state index contributed by atoms with van der Waals surface area (Å²) >= 11 is 1.95. The van der Waals surface area contributed by atoms with Gasteiger partial charge in [-0.05, 0) is 114 Å². The Labute approximate surface area is 341 Å². The van der Waals surface area contributed by atoms with E-state index in [-0.39, 0.29) is 5.41 Å². The molecule has 0 N–H and O–H groups in total. The maximum atomic E-state index is 5.25. The number of benzene rings is 8. The molecule has 58 heavy (non-hydrogen) atoms. The van der Waals surface area contributed by atoms with Gasteiger partial charge in [0.2, 0.25) is 0 Å². The molecule has 274 valence electrons. The fraction of sp³-hybridized carbons (Fsp3) is 0.0909. The van der Waals surface area contributed by atoms with E-state index in [2.05, 4.69) is 178 Å². The lowest BCUT2D eigenvalue weighted by molar-refractivity contribution is 0.660. The van der Waals surface area contributed by atoms with Crippen molar-refractivity contribution in [3.8, 4) is 44.6 Å². The highest BCUT2D eigenvalue weighted by Crippen LogP contribution is 2.50. The van der Waals surface area contributed by atoms with Crippen LogP contribution >= 0.6 is 11.3 Å². The molecule has 3 heteroatoms. The predicted molar refractivity (Wildman–Crippen MR) is 246 cm³/mol. The number of hydrogen-bond acceptors (Lipinski definition) is 3. The molecule has 0 amide bonds. The first-order valence-electron chi connectivity index (χ1n) is 20.3. The number of nitrogens with zero attached hydrogens (tertiary/aromatic N) is 2. The minimum absolute atomic E-state index is 0.105. The largest absolute Gasteiger partial charge is 0.252 e. The predicted octanol–water partition coefficient (Wildman–Crippen LogP) is 13.2. The molecular formula is C55H38N2S. The third-order valence-electron chi connectivity index (χ3n) is 12.8. The van der Waals surface area contributed by atoms with Gasteiger partial charge in [0.25, 0.3) is 0 Å². The molecule has 0 unspecified atom stereocenters. The summed E-state index contributed by atoms with van der Waals surface area (Å²) in [5.74, 6) is 0. The first kappa shape index (κ1) is 33.5. The zero-order valence-corrected chi connectivity index (χ0v) is 33.2. The molecular weight excluding hydrogens is 721 g/mol. The summed E-state index contributed by atoms with van der Waals surface area (Å²) in [5, 5.41) is 7.49. The molecule has 0 saturated carbocycles. The molecule has 0 spiro atoms. The van der Waals surface area contributed by atoms with Crippen molar-refractivity contribution in [2.45, 2.75) is 32.1 Å². The van der Waals surface area contributed by atoms with Gasteiger partial charge >= 0.3 is 0 Å². The van der Waals surface area contributed by atoms with Gasteiger partial charge in [0.15, 0.2) is 0 Å². The number of fused-ring (bicyclic) bond motifs is 12. The normalized spacial score (nSPS) is 14.1. The average molecular weight is 759 g/mol. The van der Waals surface area contributed by atoms with Crippen LogP contribution in [0.3, 0.4) is 0 Å². The molecule has 2 aliphatic rings. The molecule has 2 heterocycles. The second-order valence-corrected chi connectivity index (χ2v) is 17.5. The van der Waals surface area contributed by atoms with Crippen molar-refractivity contribution in [3.05, 3.63) is 190 Å². The molecule has 2 aliphatic carbocycles. The van der Waals surface area contributed by atoms with Gasteiger partial charge in [-0.15, -0.1) is 11.3 Å². The average Bonchev–Trinajstić information content (AvgIpc) is 3.78. The SMILES string of the molecule is CC1(C)c2cc(C3=c4sc5ccccc5c4=CCC3)ccc2-c2ccc(-c3ccc(-c4cccc(-c5cnc6c7ccccc7c7ccccc7c6n5)c4)cc3)cc21. The molecule has 0 bridgehead atoms. The van der Waals surface area contributed by atoms with Gasteiger partial charge in [-0.25, -0.2) is 4.98 Å². The van der Waals surface area contributed by atoms with Gasteiger partial charge in [0.1, 0.15) is 0 Å². The first-order valence-corrected chi connectivity index (χ1v) is 21.1. The van der Waals surface area contributed by atoms with Crippen molar-refractivity contribution >= 4 is 65.7 Å². The van der Waals surface area contributed by atoms with Gasteiger partial charge in [-0.1, -0.05) is 153 Å². The summed E-state index contributed by atoms with van der Waals surface area (Å²) in [7, 11) is 0. The maximum absolute atomic E-state index is 5.25. The lowest BCUT2D eigenvalue weighted by Crippen LogP contribution is -2.25. The highest BCUT2D eigenvalue weighted by Gasteiger charge is 2.36. The molecule has 8 aromatic carbocycles. The summed E-state index contributed by atoms with van der Waals surface area (Å²) < 4.78 is 2.83. The van der Waals surface area contributed by atoms with Crippen molar-refractivity contribution in [3.63, 3.8) is 0 Å². The van der Waals surface area contributed by atoms with E-state index in [0.29, 0.717) is 0 Å². The van der Waals surface area contributed by atoms with Gasteiger partial charge in [0.05, 0.1) is 22.9 Å². The van der Waals surface area contributed by atoms with E-state index in [0.717, 1.165) is 51.5 Å². The standard InChI is InChI=1S/C55H38N2S/c1-55(2)48-30-36(25-27-42(48)43-28-26-37(31-49(43)55)39-18-10-19-47-44-15-7-8-20-51(44)58-54(39)47)34-23-21-33(22-24-34)35-11-9-12-38(29-35)50-32-56-52-45-16-5-3-13-40(45)41-14-4-6-17-46(41)53(52)57-50/h3-9,11-17,19-32H,10,18H2,1-2H3. The Bertz CT molecular complexity index is 3440. The summed E-state index contributed by atoms with van der Waals surface area (Å²) in [6, 6.07) is 58.0. The summed E-state index contributed by atoms with van der Waals surface area (Å²) in [4.78, 5) is 10.3. The van der Waals surface area contributed by atoms with Crippen molar-refractivity contribution in [2.24, 2.45) is 0 Å². The number of thiophene rings is 1. The van der Waals surface area contributed by atoms with E-state index in [1.807, 2.05) is 17.5 Å². The molecule has 0 radical (unpaired) electrons. The van der Waals surface area contributed by atoms with Crippen molar-refractivity contribution in [2.75, 3.05) is 0 Å². The van der Waals surface area contributed by atoms with E-state index in [1.165, 1.54) is 80.7 Å². The van der Waals surface area contributed by atoms with Crippen LogP contribution in [0.25, 0.3) is 99.0 Å². The molecule has 0 atom stereocenters. The molecule has 0 aliphatic heterocycles. The van der Waals surface area contributed by atoms with Crippen molar-refractivity contribution in [1.82, 2.24) is 9.97 Å². The Hall–Kier alpha value is -6.68. The number of hydrogen-bond donors (Lipinski definition) is 0. The topological polar surface area (TPSA) is 25.8 Å². The number of rotatable bonds is 4. The fourth-order valence-corrected chi connectivity index (χ4v) is 11.1. The van der Waals surface area contributed by atoms with Gasteiger partial charge in [-0.2, -0.15) is 0 Å². The Kier molecular flexibility index (Phi) is 7.30. The van der Waals surface area contributed by atoms with Gasteiger partial charge in [0, 0.05) is 31.0 Å². The van der Waals surface area contributed by atoms with Crippen molar-refractivity contribution in [1.29, 1.82) is 0 Å². The molecule has 0 saturated heterocycles. The summed E-state index contributed by atoms with van der Waals surface area (Å²) in [6.45, 7) is 4.80. The van der Waals surface area contributed by atoms with E-state index in [1.54, 1.807) is 0 Å². The molecule has 0 fully saturated rings.